The van der Waals surface area contributed by atoms with Gasteiger partial charge in [-0.1, -0.05) is 6.07 Å². The SMILES string of the molecule is Cc1cc(F)c(C(F)(F)F)c(C2CCN(C(=O)c3nnc4ccc(C#N)cn34)CC2)c1. The molecule has 0 atom stereocenters. The van der Waals surface area contributed by atoms with E-state index < -0.39 is 29.4 Å². The Morgan fingerprint density at radius 3 is 2.55 bits per heavy atom. The largest absolute Gasteiger partial charge is 0.419 e. The minimum atomic E-state index is -4.79. The Kier molecular flexibility index (Phi) is 5.13. The normalized spacial score (nSPS) is 15.3. The Labute approximate surface area is 174 Å². The number of hydrogen-bond acceptors (Lipinski definition) is 4. The quantitative estimate of drug-likeness (QED) is 0.573. The fraction of sp³-hybridized carbons (Fsp3) is 0.333. The average Bonchev–Trinajstić information content (AvgIpc) is 3.14. The van der Waals surface area contributed by atoms with Crippen LogP contribution in [-0.2, 0) is 6.18 Å². The molecule has 1 saturated heterocycles. The van der Waals surface area contributed by atoms with Crippen molar-refractivity contribution in [2.45, 2.75) is 31.9 Å². The molecule has 0 bridgehead atoms. The van der Waals surface area contributed by atoms with Crippen molar-refractivity contribution in [2.75, 3.05) is 13.1 Å². The Hall–Kier alpha value is -3.48. The molecule has 0 unspecified atom stereocenters. The number of amides is 1. The number of pyridine rings is 1. The summed E-state index contributed by atoms with van der Waals surface area (Å²) in [6, 6.07) is 7.37. The smallest absolute Gasteiger partial charge is 0.336 e. The monoisotopic (exact) mass is 431 g/mol. The van der Waals surface area contributed by atoms with Crippen LogP contribution in [0.5, 0.6) is 0 Å². The van der Waals surface area contributed by atoms with Crippen molar-refractivity contribution in [3.05, 3.63) is 64.4 Å². The van der Waals surface area contributed by atoms with Crippen molar-refractivity contribution in [3.8, 4) is 6.07 Å². The van der Waals surface area contributed by atoms with Crippen molar-refractivity contribution < 1.29 is 22.4 Å². The van der Waals surface area contributed by atoms with Crippen LogP contribution >= 0.6 is 0 Å². The van der Waals surface area contributed by atoms with Gasteiger partial charge >= 0.3 is 6.18 Å². The third kappa shape index (κ3) is 3.83. The van der Waals surface area contributed by atoms with E-state index in [1.54, 1.807) is 19.1 Å². The fourth-order valence-corrected chi connectivity index (χ4v) is 4.03. The van der Waals surface area contributed by atoms with Gasteiger partial charge in [0.25, 0.3) is 5.91 Å². The number of hydrogen-bond donors (Lipinski definition) is 0. The predicted molar refractivity (Wildman–Crippen MR) is 102 cm³/mol. The second-order valence-corrected chi connectivity index (χ2v) is 7.56. The number of benzene rings is 1. The first-order valence-electron chi connectivity index (χ1n) is 9.60. The highest BCUT2D eigenvalue weighted by molar-refractivity contribution is 5.91. The van der Waals surface area contributed by atoms with Crippen LogP contribution < -0.4 is 0 Å². The zero-order chi connectivity index (χ0) is 22.3. The molecule has 6 nitrogen and oxygen atoms in total. The van der Waals surface area contributed by atoms with Crippen LogP contribution in [0.1, 0.15) is 51.6 Å². The molecule has 1 aliphatic heterocycles. The Morgan fingerprint density at radius 2 is 1.90 bits per heavy atom. The highest BCUT2D eigenvalue weighted by atomic mass is 19.4. The Bertz CT molecular complexity index is 1200. The maximum atomic E-state index is 14.1. The van der Waals surface area contributed by atoms with Gasteiger partial charge in [0.05, 0.1) is 11.1 Å². The Morgan fingerprint density at radius 1 is 1.19 bits per heavy atom. The number of nitrogens with zero attached hydrogens (tertiary/aromatic N) is 5. The number of aromatic nitrogens is 3. The van der Waals surface area contributed by atoms with E-state index in [2.05, 4.69) is 10.2 Å². The van der Waals surface area contributed by atoms with Crippen molar-refractivity contribution in [3.63, 3.8) is 0 Å². The molecule has 31 heavy (non-hydrogen) atoms. The van der Waals surface area contributed by atoms with Crippen LogP contribution in [0.4, 0.5) is 17.6 Å². The molecule has 3 heterocycles. The first-order chi connectivity index (χ1) is 14.7. The van der Waals surface area contributed by atoms with E-state index in [-0.39, 0.29) is 37.3 Å². The van der Waals surface area contributed by atoms with Crippen molar-refractivity contribution in [2.24, 2.45) is 0 Å². The number of carbonyl (C=O) groups is 1. The first kappa shape index (κ1) is 20.8. The molecule has 1 aromatic carbocycles. The fourth-order valence-electron chi connectivity index (χ4n) is 4.03. The maximum absolute atomic E-state index is 14.1. The number of nitriles is 1. The second kappa shape index (κ2) is 7.65. The number of aryl methyl sites for hydroxylation is 1. The predicted octanol–water partition coefficient (Wildman–Crippen LogP) is 4.09. The molecule has 1 aliphatic rings. The van der Waals surface area contributed by atoms with Gasteiger partial charge in [-0.2, -0.15) is 18.4 Å². The number of likely N-dealkylation sites (tertiary alicyclic amines) is 1. The third-order valence-corrected chi connectivity index (χ3v) is 5.49. The summed E-state index contributed by atoms with van der Waals surface area (Å²) in [5, 5.41) is 16.9. The molecular formula is C21H17F4N5O. The van der Waals surface area contributed by atoms with E-state index in [4.69, 9.17) is 5.26 Å². The lowest BCUT2D eigenvalue weighted by atomic mass is 9.85. The van der Waals surface area contributed by atoms with Crippen molar-refractivity contribution >= 4 is 11.6 Å². The molecular weight excluding hydrogens is 414 g/mol. The topological polar surface area (TPSA) is 74.3 Å². The molecule has 0 N–H and O–H groups in total. The molecule has 1 amide bonds. The number of rotatable bonds is 2. The lowest BCUT2D eigenvalue weighted by molar-refractivity contribution is -0.140. The van der Waals surface area contributed by atoms with Gasteiger partial charge in [0.2, 0.25) is 5.82 Å². The summed E-state index contributed by atoms with van der Waals surface area (Å²) in [5.74, 6) is -2.18. The lowest BCUT2D eigenvalue weighted by Crippen LogP contribution is -2.39. The van der Waals surface area contributed by atoms with Gasteiger partial charge in [0.15, 0.2) is 5.65 Å². The number of alkyl halides is 3. The summed E-state index contributed by atoms with van der Waals surface area (Å²) in [5.41, 5.74) is -0.134. The molecule has 4 rings (SSSR count). The molecule has 0 spiro atoms. The second-order valence-electron chi connectivity index (χ2n) is 7.56. The van der Waals surface area contributed by atoms with Crippen LogP contribution in [0.25, 0.3) is 5.65 Å². The van der Waals surface area contributed by atoms with Gasteiger partial charge in [-0.3, -0.25) is 9.20 Å². The minimum absolute atomic E-state index is 0.0307. The molecule has 160 valence electrons. The molecule has 0 aliphatic carbocycles. The number of piperidine rings is 1. The first-order valence-corrected chi connectivity index (χ1v) is 9.60. The van der Waals surface area contributed by atoms with Gasteiger partial charge in [-0.15, -0.1) is 10.2 Å². The molecule has 10 heteroatoms. The molecule has 0 radical (unpaired) electrons. The number of halogens is 4. The summed E-state index contributed by atoms with van der Waals surface area (Å²) in [4.78, 5) is 14.4. The van der Waals surface area contributed by atoms with E-state index in [1.165, 1.54) is 21.6 Å². The van der Waals surface area contributed by atoms with Crippen LogP contribution in [0.3, 0.4) is 0 Å². The standard InChI is InChI=1S/C21H17F4N5O/c1-12-8-15(18(16(22)9-12)21(23,24)25)14-4-6-29(7-5-14)20(31)19-28-27-17-3-2-13(10-26)11-30(17)19/h2-3,8-9,11,14H,4-7H2,1H3. The van der Waals surface area contributed by atoms with E-state index in [0.717, 1.165) is 6.07 Å². The van der Waals surface area contributed by atoms with Gasteiger partial charge in [-0.05, 0) is 55.0 Å². The summed E-state index contributed by atoms with van der Waals surface area (Å²) in [6.45, 7) is 1.95. The van der Waals surface area contributed by atoms with Crippen LogP contribution in [-0.4, -0.2) is 38.5 Å². The van der Waals surface area contributed by atoms with Gasteiger partial charge in [-0.25, -0.2) is 4.39 Å². The number of carbonyl (C=O) groups excluding carboxylic acids is 1. The lowest BCUT2D eigenvalue weighted by Gasteiger charge is -2.33. The van der Waals surface area contributed by atoms with Crippen LogP contribution in [0.15, 0.2) is 30.5 Å². The summed E-state index contributed by atoms with van der Waals surface area (Å²) in [6.07, 6.45) is -2.81. The molecule has 2 aromatic heterocycles. The van der Waals surface area contributed by atoms with E-state index in [9.17, 15) is 22.4 Å². The molecule has 0 saturated carbocycles. The van der Waals surface area contributed by atoms with Gasteiger partial charge < -0.3 is 4.90 Å². The summed E-state index contributed by atoms with van der Waals surface area (Å²) in [7, 11) is 0. The van der Waals surface area contributed by atoms with Gasteiger partial charge in [0.1, 0.15) is 11.9 Å². The van der Waals surface area contributed by atoms with E-state index in [1.807, 2.05) is 6.07 Å². The van der Waals surface area contributed by atoms with Crippen LogP contribution in [0.2, 0.25) is 0 Å². The highest BCUT2D eigenvalue weighted by Gasteiger charge is 2.39. The van der Waals surface area contributed by atoms with E-state index in [0.29, 0.717) is 16.8 Å². The number of fused-ring (bicyclic) bond motifs is 1. The summed E-state index contributed by atoms with van der Waals surface area (Å²) < 4.78 is 55.9. The maximum Gasteiger partial charge on any atom is 0.419 e. The zero-order valence-electron chi connectivity index (χ0n) is 16.4. The molecule has 3 aromatic rings. The van der Waals surface area contributed by atoms with Gasteiger partial charge in [0, 0.05) is 19.3 Å². The van der Waals surface area contributed by atoms with E-state index >= 15 is 0 Å². The highest BCUT2D eigenvalue weighted by Crippen LogP contribution is 2.41. The third-order valence-electron chi connectivity index (χ3n) is 5.49. The molecule has 1 fully saturated rings. The van der Waals surface area contributed by atoms with Crippen molar-refractivity contribution in [1.82, 2.24) is 19.5 Å². The summed E-state index contributed by atoms with van der Waals surface area (Å²) >= 11 is 0. The van der Waals surface area contributed by atoms with Crippen molar-refractivity contribution in [1.29, 1.82) is 5.26 Å². The average molecular weight is 431 g/mol. The zero-order valence-corrected chi connectivity index (χ0v) is 16.4. The Balaban J connectivity index is 1.56. The van der Waals surface area contributed by atoms with Crippen LogP contribution in [0, 0.1) is 24.1 Å². The minimum Gasteiger partial charge on any atom is -0.336 e.